The summed E-state index contributed by atoms with van der Waals surface area (Å²) in [6.45, 7) is 2.14. The first kappa shape index (κ1) is 11.2. The number of carbonyl (C=O) groups excluding carboxylic acids is 1. The van der Waals surface area contributed by atoms with Crippen molar-refractivity contribution >= 4 is 11.6 Å². The third-order valence-corrected chi connectivity index (χ3v) is 2.26. The number of amides is 1. The van der Waals surface area contributed by atoms with Crippen LogP contribution in [0.3, 0.4) is 0 Å². The quantitative estimate of drug-likeness (QED) is 0.784. The summed E-state index contributed by atoms with van der Waals surface area (Å²) in [6.07, 6.45) is 0. The Labute approximate surface area is 98.6 Å². The zero-order chi connectivity index (χ0) is 12.3. The van der Waals surface area contributed by atoms with Crippen LogP contribution < -0.4 is 11.1 Å². The van der Waals surface area contributed by atoms with Gasteiger partial charge in [-0.25, -0.2) is 0 Å². The summed E-state index contributed by atoms with van der Waals surface area (Å²) < 4.78 is 4.90. The molecule has 0 aliphatic carbocycles. The average Bonchev–Trinajstić information content (AvgIpc) is 2.72. The van der Waals surface area contributed by atoms with Crippen LogP contribution in [0.2, 0.25) is 0 Å². The molecule has 0 unspecified atom stereocenters. The Bertz CT molecular complexity index is 534. The standard InChI is InChI=1S/C12H13N3O2/c1-8-5-11(15-17-8)7-14-12(16)9-3-2-4-10(13)6-9/h2-6H,7,13H2,1H3,(H,14,16). The molecule has 5 heteroatoms. The molecular formula is C12H13N3O2. The molecule has 17 heavy (non-hydrogen) atoms. The fourth-order valence-corrected chi connectivity index (χ4v) is 1.45. The number of rotatable bonds is 3. The SMILES string of the molecule is Cc1cc(CNC(=O)c2cccc(N)c2)no1. The zero-order valence-corrected chi connectivity index (χ0v) is 9.43. The smallest absolute Gasteiger partial charge is 0.251 e. The summed E-state index contributed by atoms with van der Waals surface area (Å²) in [4.78, 5) is 11.8. The van der Waals surface area contributed by atoms with Crippen LogP contribution in [0.15, 0.2) is 34.9 Å². The van der Waals surface area contributed by atoms with E-state index in [1.165, 1.54) is 0 Å². The van der Waals surface area contributed by atoms with E-state index in [9.17, 15) is 4.79 Å². The largest absolute Gasteiger partial charge is 0.399 e. The Balaban J connectivity index is 1.98. The van der Waals surface area contributed by atoms with Gasteiger partial charge in [0.05, 0.1) is 6.54 Å². The molecule has 1 amide bonds. The third-order valence-electron chi connectivity index (χ3n) is 2.26. The highest BCUT2D eigenvalue weighted by atomic mass is 16.5. The van der Waals surface area contributed by atoms with Crippen molar-refractivity contribution in [3.05, 3.63) is 47.3 Å². The van der Waals surface area contributed by atoms with Gasteiger partial charge in [-0.15, -0.1) is 0 Å². The normalized spacial score (nSPS) is 10.2. The van der Waals surface area contributed by atoms with Gasteiger partial charge < -0.3 is 15.6 Å². The molecule has 88 valence electrons. The highest BCUT2D eigenvalue weighted by molar-refractivity contribution is 5.94. The third kappa shape index (κ3) is 2.84. The number of nitrogens with one attached hydrogen (secondary N) is 1. The van der Waals surface area contributed by atoms with E-state index >= 15 is 0 Å². The van der Waals surface area contributed by atoms with Gasteiger partial charge in [0.1, 0.15) is 11.5 Å². The second-order valence-corrected chi connectivity index (χ2v) is 3.74. The van der Waals surface area contributed by atoms with Gasteiger partial charge in [-0.3, -0.25) is 4.79 Å². The van der Waals surface area contributed by atoms with Crippen molar-refractivity contribution in [2.24, 2.45) is 0 Å². The van der Waals surface area contributed by atoms with Gasteiger partial charge in [-0.2, -0.15) is 0 Å². The van der Waals surface area contributed by atoms with Gasteiger partial charge >= 0.3 is 0 Å². The number of carbonyl (C=O) groups is 1. The number of nitrogens with two attached hydrogens (primary N) is 1. The molecule has 1 heterocycles. The van der Waals surface area contributed by atoms with E-state index in [-0.39, 0.29) is 5.91 Å². The second-order valence-electron chi connectivity index (χ2n) is 3.74. The van der Waals surface area contributed by atoms with Crippen LogP contribution in [-0.4, -0.2) is 11.1 Å². The summed E-state index contributed by atoms with van der Waals surface area (Å²) in [5.41, 5.74) is 7.39. The number of anilines is 1. The van der Waals surface area contributed by atoms with Crippen molar-refractivity contribution < 1.29 is 9.32 Å². The molecule has 0 atom stereocenters. The summed E-state index contributed by atoms with van der Waals surface area (Å²) in [5, 5.41) is 6.52. The van der Waals surface area contributed by atoms with E-state index in [1.54, 1.807) is 37.3 Å². The molecule has 0 saturated heterocycles. The average molecular weight is 231 g/mol. The van der Waals surface area contributed by atoms with Gasteiger partial charge in [-0.05, 0) is 25.1 Å². The fourth-order valence-electron chi connectivity index (χ4n) is 1.45. The topological polar surface area (TPSA) is 81.2 Å². The Morgan fingerprint density at radius 3 is 2.94 bits per heavy atom. The molecule has 0 saturated carbocycles. The molecule has 2 rings (SSSR count). The van der Waals surface area contributed by atoms with Crippen molar-refractivity contribution in [2.45, 2.75) is 13.5 Å². The van der Waals surface area contributed by atoms with Gasteiger partial charge in [0.25, 0.3) is 5.91 Å². The van der Waals surface area contributed by atoms with Crippen LogP contribution in [0.5, 0.6) is 0 Å². The molecule has 5 nitrogen and oxygen atoms in total. The minimum absolute atomic E-state index is 0.182. The number of hydrogen-bond acceptors (Lipinski definition) is 4. The number of hydrogen-bond donors (Lipinski definition) is 2. The first-order valence-corrected chi connectivity index (χ1v) is 5.21. The number of aryl methyl sites for hydroxylation is 1. The monoisotopic (exact) mass is 231 g/mol. The Kier molecular flexibility index (Phi) is 3.09. The zero-order valence-electron chi connectivity index (χ0n) is 9.43. The van der Waals surface area contributed by atoms with Crippen molar-refractivity contribution in [2.75, 3.05) is 5.73 Å². The minimum Gasteiger partial charge on any atom is -0.399 e. The Morgan fingerprint density at radius 1 is 1.47 bits per heavy atom. The molecule has 3 N–H and O–H groups in total. The number of nitrogens with zero attached hydrogens (tertiary/aromatic N) is 1. The van der Waals surface area contributed by atoms with E-state index in [0.29, 0.717) is 23.5 Å². The van der Waals surface area contributed by atoms with Crippen molar-refractivity contribution in [1.82, 2.24) is 10.5 Å². The van der Waals surface area contributed by atoms with E-state index in [1.807, 2.05) is 0 Å². The van der Waals surface area contributed by atoms with Crippen LogP contribution in [0.1, 0.15) is 21.8 Å². The maximum atomic E-state index is 11.8. The van der Waals surface area contributed by atoms with Gasteiger partial charge in [0.2, 0.25) is 0 Å². The van der Waals surface area contributed by atoms with Crippen LogP contribution in [0.25, 0.3) is 0 Å². The minimum atomic E-state index is -0.182. The van der Waals surface area contributed by atoms with E-state index in [4.69, 9.17) is 10.3 Å². The molecule has 0 aliphatic rings. The molecule has 2 aromatic rings. The molecule has 0 aliphatic heterocycles. The molecule has 0 radical (unpaired) electrons. The van der Waals surface area contributed by atoms with Crippen LogP contribution in [0.4, 0.5) is 5.69 Å². The molecule has 0 spiro atoms. The van der Waals surface area contributed by atoms with E-state index in [0.717, 1.165) is 5.76 Å². The number of aromatic nitrogens is 1. The molecule has 1 aromatic heterocycles. The first-order valence-electron chi connectivity index (χ1n) is 5.21. The van der Waals surface area contributed by atoms with Crippen LogP contribution >= 0.6 is 0 Å². The number of benzene rings is 1. The van der Waals surface area contributed by atoms with Crippen LogP contribution in [0, 0.1) is 6.92 Å². The Morgan fingerprint density at radius 2 is 2.29 bits per heavy atom. The lowest BCUT2D eigenvalue weighted by atomic mass is 10.2. The van der Waals surface area contributed by atoms with E-state index in [2.05, 4.69) is 10.5 Å². The summed E-state index contributed by atoms with van der Waals surface area (Å²) in [7, 11) is 0. The number of nitrogen functional groups attached to an aromatic ring is 1. The molecule has 0 fully saturated rings. The van der Waals surface area contributed by atoms with Crippen molar-refractivity contribution in [3.8, 4) is 0 Å². The van der Waals surface area contributed by atoms with Crippen LogP contribution in [-0.2, 0) is 6.54 Å². The molecule has 1 aromatic carbocycles. The maximum absolute atomic E-state index is 11.8. The molecular weight excluding hydrogens is 218 g/mol. The summed E-state index contributed by atoms with van der Waals surface area (Å²) in [5.74, 6) is 0.538. The Hall–Kier alpha value is -2.30. The maximum Gasteiger partial charge on any atom is 0.251 e. The lowest BCUT2D eigenvalue weighted by Crippen LogP contribution is -2.22. The fraction of sp³-hybridized carbons (Fsp3) is 0.167. The van der Waals surface area contributed by atoms with E-state index < -0.39 is 0 Å². The first-order chi connectivity index (χ1) is 8.15. The predicted octanol–water partition coefficient (Wildman–Crippen LogP) is 1.50. The molecule has 0 bridgehead atoms. The summed E-state index contributed by atoms with van der Waals surface area (Å²) in [6, 6.07) is 8.59. The van der Waals surface area contributed by atoms with Gasteiger partial charge in [0.15, 0.2) is 0 Å². The van der Waals surface area contributed by atoms with Crippen molar-refractivity contribution in [3.63, 3.8) is 0 Å². The lowest BCUT2D eigenvalue weighted by molar-refractivity contribution is 0.0950. The second kappa shape index (κ2) is 4.69. The highest BCUT2D eigenvalue weighted by Crippen LogP contribution is 2.07. The summed E-state index contributed by atoms with van der Waals surface area (Å²) >= 11 is 0. The highest BCUT2D eigenvalue weighted by Gasteiger charge is 2.06. The van der Waals surface area contributed by atoms with Crippen molar-refractivity contribution in [1.29, 1.82) is 0 Å². The van der Waals surface area contributed by atoms with Gasteiger partial charge in [0, 0.05) is 17.3 Å². The van der Waals surface area contributed by atoms with Gasteiger partial charge in [-0.1, -0.05) is 11.2 Å². The lowest BCUT2D eigenvalue weighted by Gasteiger charge is -2.03. The predicted molar refractivity (Wildman–Crippen MR) is 63.3 cm³/mol.